The largest absolute Gasteiger partial charge is 0.428 e. The van der Waals surface area contributed by atoms with E-state index < -0.39 is 0 Å². The van der Waals surface area contributed by atoms with Crippen LogP contribution < -0.4 is 0 Å². The predicted octanol–water partition coefficient (Wildman–Crippen LogP) is 2.68. The lowest BCUT2D eigenvalue weighted by molar-refractivity contribution is -0.0164. The zero-order valence-corrected chi connectivity index (χ0v) is 13.8. The standard InChI is InChI=1S/C8H16.C4H12OSi2/c1-7(2)5-6-8(7,3)4;1-7-4-2-3-5-6-7/h5-6H2,1-4H3;7H,2-4,6H2,1H3. The first-order chi connectivity index (χ1) is 6.85. The molecule has 1 unspecified atom stereocenters. The van der Waals surface area contributed by atoms with E-state index in [1.165, 1.54) is 19.3 Å². The second-order valence-corrected chi connectivity index (χ2v) is 15.3. The Morgan fingerprint density at radius 3 is 1.73 bits per heavy atom. The Morgan fingerprint density at radius 1 is 1.07 bits per heavy atom. The van der Waals surface area contributed by atoms with Gasteiger partial charge in [-0.15, -0.1) is 0 Å². The van der Waals surface area contributed by atoms with E-state index >= 15 is 0 Å². The van der Waals surface area contributed by atoms with Crippen molar-refractivity contribution in [3.8, 4) is 0 Å². The lowest BCUT2D eigenvalue weighted by atomic mass is 9.53. The molecule has 1 saturated heterocycles. The molecular weight excluding hydrogens is 216 g/mol. The van der Waals surface area contributed by atoms with Crippen LogP contribution in [0.2, 0.25) is 12.6 Å². The van der Waals surface area contributed by atoms with Crippen LogP contribution in [0.25, 0.3) is 0 Å². The van der Waals surface area contributed by atoms with E-state index in [0.29, 0.717) is 10.8 Å². The van der Waals surface area contributed by atoms with E-state index in [0.717, 1.165) is 6.61 Å². The first-order valence-corrected chi connectivity index (χ1v) is 12.2. The Kier molecular flexibility index (Phi) is 4.62. The van der Waals surface area contributed by atoms with Crippen LogP contribution in [0.3, 0.4) is 0 Å². The zero-order chi connectivity index (χ0) is 11.5. The van der Waals surface area contributed by atoms with Crippen LogP contribution in [0.1, 0.15) is 47.0 Å². The van der Waals surface area contributed by atoms with Crippen LogP contribution in [0, 0.1) is 10.8 Å². The average molecular weight is 245 g/mol. The average Bonchev–Trinajstić information content (AvgIpc) is 2.18. The van der Waals surface area contributed by atoms with Gasteiger partial charge in [-0.05, 0) is 30.1 Å². The second kappa shape index (κ2) is 5.15. The van der Waals surface area contributed by atoms with Gasteiger partial charge in [0.15, 0.2) is 0 Å². The van der Waals surface area contributed by atoms with Gasteiger partial charge in [0.25, 0.3) is 0 Å². The normalized spacial score (nSPS) is 33.8. The zero-order valence-electron chi connectivity index (χ0n) is 11.2. The van der Waals surface area contributed by atoms with Crippen molar-refractivity contribution in [1.29, 1.82) is 0 Å². The van der Waals surface area contributed by atoms with Gasteiger partial charge in [-0.3, -0.25) is 0 Å². The molecule has 2 rings (SSSR count). The first-order valence-electron chi connectivity index (χ1n) is 6.43. The summed E-state index contributed by atoms with van der Waals surface area (Å²) in [5.41, 5.74) is 1.24. The Bertz CT molecular complexity index is 182. The topological polar surface area (TPSA) is 9.23 Å². The van der Waals surface area contributed by atoms with Crippen molar-refractivity contribution in [2.75, 3.05) is 6.61 Å². The molecule has 1 heterocycles. The highest BCUT2D eigenvalue weighted by atomic mass is 29.2. The fraction of sp³-hybridized carbons (Fsp3) is 1.00. The van der Waals surface area contributed by atoms with E-state index in [1.54, 1.807) is 6.04 Å². The summed E-state index contributed by atoms with van der Waals surface area (Å²) in [5, 5.41) is 0. The van der Waals surface area contributed by atoms with Gasteiger partial charge in [0.05, 0.1) is 8.31 Å². The fourth-order valence-corrected chi connectivity index (χ4v) is 6.90. The molecule has 2 fully saturated rings. The smallest absolute Gasteiger partial charge is 0.147 e. The van der Waals surface area contributed by atoms with Gasteiger partial charge in [-0.1, -0.05) is 40.3 Å². The molecule has 1 aliphatic heterocycles. The minimum Gasteiger partial charge on any atom is -0.428 e. The van der Waals surface area contributed by atoms with E-state index in [1.807, 2.05) is 0 Å². The molecule has 0 N–H and O–H groups in total. The molecule has 0 aromatic rings. The Labute approximate surface area is 99.3 Å². The molecule has 90 valence electrons. The third kappa shape index (κ3) is 3.72. The number of hydrogen-bond acceptors (Lipinski definition) is 1. The predicted molar refractivity (Wildman–Crippen MR) is 73.7 cm³/mol. The molecule has 2 aliphatic rings. The molecular formula is C12H28OSi2. The summed E-state index contributed by atoms with van der Waals surface area (Å²) in [6.45, 7) is 13.0. The summed E-state index contributed by atoms with van der Waals surface area (Å²) in [5.74, 6) is 0. The number of rotatable bonds is 0. The maximum Gasteiger partial charge on any atom is 0.147 e. The Balaban J connectivity index is 0.000000151. The summed E-state index contributed by atoms with van der Waals surface area (Å²) in [6, 6.07) is 1.56. The first kappa shape index (κ1) is 13.5. The van der Waals surface area contributed by atoms with Gasteiger partial charge in [0.2, 0.25) is 0 Å². The Morgan fingerprint density at radius 2 is 1.60 bits per heavy atom. The molecule has 3 heteroatoms. The highest BCUT2D eigenvalue weighted by Crippen LogP contribution is 2.55. The van der Waals surface area contributed by atoms with Gasteiger partial charge in [0.1, 0.15) is 9.28 Å². The van der Waals surface area contributed by atoms with Crippen LogP contribution in [-0.4, -0.2) is 24.2 Å². The van der Waals surface area contributed by atoms with Crippen LogP contribution in [0.5, 0.6) is 0 Å². The monoisotopic (exact) mass is 244 g/mol. The fourth-order valence-electron chi connectivity index (χ4n) is 2.03. The molecule has 0 amide bonds. The highest BCUT2D eigenvalue weighted by Gasteiger charge is 2.44. The van der Waals surface area contributed by atoms with E-state index in [2.05, 4.69) is 34.2 Å². The van der Waals surface area contributed by atoms with Gasteiger partial charge in [0, 0.05) is 6.61 Å². The summed E-state index contributed by atoms with van der Waals surface area (Å²) in [6.07, 6.45) is 4.19. The summed E-state index contributed by atoms with van der Waals surface area (Å²) in [7, 11) is -0.106. The minimum atomic E-state index is -0.178. The third-order valence-corrected chi connectivity index (χ3v) is 10.7. The molecule has 0 radical (unpaired) electrons. The van der Waals surface area contributed by atoms with Crippen molar-refractivity contribution < 1.29 is 4.43 Å². The molecule has 15 heavy (non-hydrogen) atoms. The van der Waals surface area contributed by atoms with Gasteiger partial charge in [-0.25, -0.2) is 0 Å². The van der Waals surface area contributed by atoms with Crippen LogP contribution in [0.15, 0.2) is 0 Å². The van der Waals surface area contributed by atoms with Crippen LogP contribution in [-0.2, 0) is 4.43 Å². The van der Waals surface area contributed by atoms with E-state index in [9.17, 15) is 0 Å². The quantitative estimate of drug-likeness (QED) is 0.595. The van der Waals surface area contributed by atoms with Crippen molar-refractivity contribution in [3.63, 3.8) is 0 Å². The van der Waals surface area contributed by atoms with Crippen molar-refractivity contribution >= 4 is 17.6 Å². The lowest BCUT2D eigenvalue weighted by Crippen LogP contribution is -2.42. The highest BCUT2D eigenvalue weighted by molar-refractivity contribution is 7.09. The third-order valence-electron chi connectivity index (χ3n) is 4.60. The van der Waals surface area contributed by atoms with Crippen LogP contribution >= 0.6 is 0 Å². The summed E-state index contributed by atoms with van der Waals surface area (Å²) >= 11 is 0. The minimum absolute atomic E-state index is 0.0718. The van der Waals surface area contributed by atoms with Crippen molar-refractivity contribution in [3.05, 3.63) is 0 Å². The van der Waals surface area contributed by atoms with Crippen molar-refractivity contribution in [1.82, 2.24) is 0 Å². The maximum absolute atomic E-state index is 5.38. The second-order valence-electron chi connectivity index (χ2n) is 6.59. The summed E-state index contributed by atoms with van der Waals surface area (Å²) in [4.78, 5) is 0. The van der Waals surface area contributed by atoms with E-state index in [4.69, 9.17) is 4.43 Å². The van der Waals surface area contributed by atoms with Crippen molar-refractivity contribution in [2.24, 2.45) is 10.8 Å². The molecule has 0 bridgehead atoms. The molecule has 1 saturated carbocycles. The van der Waals surface area contributed by atoms with Crippen LogP contribution in [0.4, 0.5) is 0 Å². The molecule has 0 aromatic heterocycles. The van der Waals surface area contributed by atoms with Gasteiger partial charge >= 0.3 is 0 Å². The molecule has 0 aromatic carbocycles. The molecule has 1 nitrogen and oxygen atoms in total. The molecule has 1 aliphatic carbocycles. The van der Waals surface area contributed by atoms with Crippen molar-refractivity contribution in [2.45, 2.75) is 59.5 Å². The molecule has 1 atom stereocenters. The SMILES string of the molecule is CC1(C)CCC1(C)C.C[SiH]1CCCO[SiH2]1. The molecule has 0 spiro atoms. The number of hydrogen-bond donors (Lipinski definition) is 0. The van der Waals surface area contributed by atoms with Gasteiger partial charge < -0.3 is 4.43 Å². The maximum atomic E-state index is 5.38. The summed E-state index contributed by atoms with van der Waals surface area (Å²) < 4.78 is 5.38. The lowest BCUT2D eigenvalue weighted by Gasteiger charge is -2.52. The Hall–Kier alpha value is 0.394. The van der Waals surface area contributed by atoms with E-state index in [-0.39, 0.29) is 17.6 Å². The van der Waals surface area contributed by atoms with Gasteiger partial charge in [-0.2, -0.15) is 0 Å².